The number of hydrogen-bond donors (Lipinski definition) is 1. The van der Waals surface area contributed by atoms with Crippen molar-refractivity contribution < 1.29 is 4.79 Å². The van der Waals surface area contributed by atoms with Crippen LogP contribution in [-0.4, -0.2) is 35.3 Å². The molecular formula is C22H16BrN7O. The maximum absolute atomic E-state index is 12.9. The number of nitrogens with one attached hydrogen (secondary N) is 1. The fourth-order valence-electron chi connectivity index (χ4n) is 3.25. The second-order valence-electron chi connectivity index (χ2n) is 6.91. The van der Waals surface area contributed by atoms with Gasteiger partial charge in [-0.3, -0.25) is 4.79 Å². The van der Waals surface area contributed by atoms with E-state index in [1.165, 1.54) is 6.33 Å². The van der Waals surface area contributed by atoms with Gasteiger partial charge in [-0.15, -0.1) is 0 Å². The Balaban J connectivity index is 1.60. The van der Waals surface area contributed by atoms with Crippen LogP contribution in [0.5, 0.6) is 0 Å². The summed E-state index contributed by atoms with van der Waals surface area (Å²) in [6.07, 6.45) is 3.34. The minimum Gasteiger partial charge on any atom is -0.321 e. The first kappa shape index (κ1) is 19.1. The molecule has 31 heavy (non-hydrogen) atoms. The Labute approximate surface area is 185 Å². The van der Waals surface area contributed by atoms with E-state index in [2.05, 4.69) is 41.4 Å². The first-order valence-corrected chi connectivity index (χ1v) is 10.3. The SMILES string of the molecule is Cc1cccc(-n2nc(C(=O)Nc3cccc(Br)c3)cc2-c2ccc3ncnn3c2)n1. The third kappa shape index (κ3) is 3.82. The molecule has 4 heterocycles. The van der Waals surface area contributed by atoms with Crippen LogP contribution in [0.4, 0.5) is 5.69 Å². The summed E-state index contributed by atoms with van der Waals surface area (Å²) in [6.45, 7) is 1.91. The maximum Gasteiger partial charge on any atom is 0.276 e. The highest BCUT2D eigenvalue weighted by Crippen LogP contribution is 2.25. The van der Waals surface area contributed by atoms with Crippen LogP contribution in [0.1, 0.15) is 16.2 Å². The van der Waals surface area contributed by atoms with Crippen molar-refractivity contribution in [3.63, 3.8) is 0 Å². The standard InChI is InChI=1S/C22H16BrN7O/c1-14-4-2-7-21(26-14)30-19(15-8-9-20-24-13-25-29(20)12-15)11-18(28-30)22(31)27-17-6-3-5-16(23)10-17/h2-13H,1H3,(H,27,31). The quantitative estimate of drug-likeness (QED) is 0.420. The van der Waals surface area contributed by atoms with E-state index in [1.807, 2.05) is 67.7 Å². The van der Waals surface area contributed by atoms with Gasteiger partial charge in [0.25, 0.3) is 5.91 Å². The van der Waals surface area contributed by atoms with Crippen LogP contribution in [0, 0.1) is 6.92 Å². The first-order valence-electron chi connectivity index (χ1n) is 9.48. The molecule has 1 amide bonds. The van der Waals surface area contributed by atoms with E-state index in [-0.39, 0.29) is 11.6 Å². The Bertz CT molecular complexity index is 1420. The molecule has 4 aromatic heterocycles. The Morgan fingerprint density at radius 1 is 1.06 bits per heavy atom. The summed E-state index contributed by atoms with van der Waals surface area (Å²) in [5, 5.41) is 11.7. The minimum absolute atomic E-state index is 0.275. The summed E-state index contributed by atoms with van der Waals surface area (Å²) in [4.78, 5) is 21.7. The van der Waals surface area contributed by atoms with Crippen molar-refractivity contribution in [3.05, 3.63) is 89.0 Å². The van der Waals surface area contributed by atoms with Crippen LogP contribution < -0.4 is 5.32 Å². The number of fused-ring (bicyclic) bond motifs is 1. The van der Waals surface area contributed by atoms with E-state index in [0.717, 1.165) is 27.1 Å². The predicted octanol–water partition coefficient (Wildman–Crippen LogP) is 4.30. The Morgan fingerprint density at radius 3 is 2.77 bits per heavy atom. The van der Waals surface area contributed by atoms with Crippen LogP contribution in [0.3, 0.4) is 0 Å². The number of halogens is 1. The number of nitrogens with zero attached hydrogens (tertiary/aromatic N) is 6. The van der Waals surface area contributed by atoms with Gasteiger partial charge in [-0.25, -0.2) is 19.2 Å². The normalized spacial score (nSPS) is 11.0. The summed E-state index contributed by atoms with van der Waals surface area (Å²) in [5.74, 6) is 0.308. The third-order valence-corrected chi connectivity index (χ3v) is 5.18. The van der Waals surface area contributed by atoms with Crippen molar-refractivity contribution in [1.29, 1.82) is 0 Å². The number of aromatic nitrogens is 6. The first-order chi connectivity index (χ1) is 15.1. The van der Waals surface area contributed by atoms with Crippen LogP contribution in [0.2, 0.25) is 0 Å². The highest BCUT2D eigenvalue weighted by molar-refractivity contribution is 9.10. The Morgan fingerprint density at radius 2 is 1.94 bits per heavy atom. The summed E-state index contributed by atoms with van der Waals surface area (Å²) in [5.41, 5.74) is 4.08. The van der Waals surface area contributed by atoms with Crippen molar-refractivity contribution in [2.75, 3.05) is 5.32 Å². The highest BCUT2D eigenvalue weighted by atomic mass is 79.9. The van der Waals surface area contributed by atoms with Crippen LogP contribution in [0.25, 0.3) is 22.7 Å². The van der Waals surface area contributed by atoms with Gasteiger partial charge in [0.15, 0.2) is 17.2 Å². The van der Waals surface area contributed by atoms with Crippen molar-refractivity contribution in [3.8, 4) is 17.1 Å². The lowest BCUT2D eigenvalue weighted by atomic mass is 10.2. The van der Waals surface area contributed by atoms with Gasteiger partial charge in [-0.1, -0.05) is 28.1 Å². The lowest BCUT2D eigenvalue weighted by Gasteiger charge is -2.07. The van der Waals surface area contributed by atoms with Crippen molar-refractivity contribution in [2.24, 2.45) is 0 Å². The van der Waals surface area contributed by atoms with Gasteiger partial charge < -0.3 is 5.32 Å². The zero-order valence-corrected chi connectivity index (χ0v) is 18.0. The molecule has 0 bridgehead atoms. The van der Waals surface area contributed by atoms with E-state index in [1.54, 1.807) is 15.3 Å². The molecule has 0 saturated heterocycles. The average molecular weight is 474 g/mol. The summed E-state index contributed by atoms with van der Waals surface area (Å²) < 4.78 is 4.22. The van der Waals surface area contributed by atoms with Gasteiger partial charge in [0.1, 0.15) is 6.33 Å². The molecule has 152 valence electrons. The molecule has 5 aromatic rings. The summed E-state index contributed by atoms with van der Waals surface area (Å²) in [7, 11) is 0. The predicted molar refractivity (Wildman–Crippen MR) is 120 cm³/mol. The van der Waals surface area contributed by atoms with E-state index < -0.39 is 0 Å². The molecular weight excluding hydrogens is 458 g/mol. The molecule has 1 N–H and O–H groups in total. The number of benzene rings is 1. The second kappa shape index (κ2) is 7.77. The summed E-state index contributed by atoms with van der Waals surface area (Å²) in [6, 6.07) is 18.6. The molecule has 0 unspecified atom stereocenters. The number of aryl methyl sites for hydroxylation is 1. The lowest BCUT2D eigenvalue weighted by molar-refractivity contribution is 0.102. The number of pyridine rings is 2. The molecule has 5 rings (SSSR count). The molecule has 0 spiro atoms. The molecule has 0 aliphatic heterocycles. The molecule has 0 aliphatic rings. The van der Waals surface area contributed by atoms with Gasteiger partial charge >= 0.3 is 0 Å². The fraction of sp³-hybridized carbons (Fsp3) is 0.0455. The van der Waals surface area contributed by atoms with Crippen molar-refractivity contribution in [2.45, 2.75) is 6.92 Å². The number of rotatable bonds is 4. The van der Waals surface area contributed by atoms with Crippen LogP contribution >= 0.6 is 15.9 Å². The van der Waals surface area contributed by atoms with Crippen molar-refractivity contribution >= 4 is 33.2 Å². The molecule has 0 saturated carbocycles. The van der Waals surface area contributed by atoms with E-state index in [9.17, 15) is 4.79 Å². The van der Waals surface area contributed by atoms with Gasteiger partial charge in [0.05, 0.1) is 5.69 Å². The Kier molecular flexibility index (Phi) is 4.79. The van der Waals surface area contributed by atoms with Crippen LogP contribution in [-0.2, 0) is 0 Å². The molecule has 9 heteroatoms. The minimum atomic E-state index is -0.312. The molecule has 1 aromatic carbocycles. The second-order valence-corrected chi connectivity index (χ2v) is 7.82. The average Bonchev–Trinajstić information content (AvgIpc) is 3.40. The van der Waals surface area contributed by atoms with Gasteiger partial charge in [-0.2, -0.15) is 10.2 Å². The molecule has 0 aliphatic carbocycles. The zero-order valence-electron chi connectivity index (χ0n) is 16.4. The lowest BCUT2D eigenvalue weighted by Crippen LogP contribution is -2.13. The monoisotopic (exact) mass is 473 g/mol. The maximum atomic E-state index is 12.9. The topological polar surface area (TPSA) is 90.0 Å². The number of amides is 1. The Hall–Kier alpha value is -3.85. The summed E-state index contributed by atoms with van der Waals surface area (Å²) >= 11 is 3.42. The smallest absolute Gasteiger partial charge is 0.276 e. The highest BCUT2D eigenvalue weighted by Gasteiger charge is 2.18. The van der Waals surface area contributed by atoms with Gasteiger partial charge in [-0.05, 0) is 55.5 Å². The molecule has 8 nitrogen and oxygen atoms in total. The van der Waals surface area contributed by atoms with Crippen molar-refractivity contribution in [1.82, 2.24) is 29.4 Å². The number of carbonyl (C=O) groups excluding carboxylic acids is 1. The number of hydrogen-bond acceptors (Lipinski definition) is 5. The fourth-order valence-corrected chi connectivity index (χ4v) is 3.65. The van der Waals surface area contributed by atoms with E-state index in [4.69, 9.17) is 0 Å². The molecule has 0 fully saturated rings. The molecule has 0 atom stereocenters. The van der Waals surface area contributed by atoms with Crippen LogP contribution in [0.15, 0.2) is 77.7 Å². The number of anilines is 1. The molecule has 0 radical (unpaired) electrons. The zero-order chi connectivity index (χ0) is 21.4. The number of carbonyl (C=O) groups is 1. The largest absolute Gasteiger partial charge is 0.321 e. The third-order valence-electron chi connectivity index (χ3n) is 4.68. The van der Waals surface area contributed by atoms with Gasteiger partial charge in [0.2, 0.25) is 0 Å². The van der Waals surface area contributed by atoms with E-state index >= 15 is 0 Å². The van der Waals surface area contributed by atoms with E-state index in [0.29, 0.717) is 11.5 Å². The van der Waals surface area contributed by atoms with Gasteiger partial charge in [0, 0.05) is 27.6 Å².